The molecule has 0 aromatic heterocycles. The van der Waals surface area contributed by atoms with Gasteiger partial charge in [-0.1, -0.05) is 27.2 Å². The van der Waals surface area contributed by atoms with E-state index in [0.717, 1.165) is 24.5 Å². The van der Waals surface area contributed by atoms with E-state index in [9.17, 15) is 0 Å². The minimum absolute atomic E-state index is 0.546. The third-order valence-electron chi connectivity index (χ3n) is 6.21. The van der Waals surface area contributed by atoms with Crippen LogP contribution in [-0.2, 0) is 4.74 Å². The summed E-state index contributed by atoms with van der Waals surface area (Å²) in [6.45, 7) is 13.1. The second-order valence-corrected chi connectivity index (χ2v) is 8.53. The third-order valence-corrected chi connectivity index (χ3v) is 6.21. The fourth-order valence-electron chi connectivity index (χ4n) is 4.45. The van der Waals surface area contributed by atoms with Crippen LogP contribution in [0.25, 0.3) is 0 Å². The minimum atomic E-state index is 0.546. The van der Waals surface area contributed by atoms with Crippen LogP contribution in [0.1, 0.15) is 72.1 Å². The lowest BCUT2D eigenvalue weighted by Crippen LogP contribution is -2.46. The molecule has 1 heterocycles. The lowest BCUT2D eigenvalue weighted by molar-refractivity contribution is -0.0503. The van der Waals surface area contributed by atoms with Crippen LogP contribution in [0.15, 0.2) is 0 Å². The van der Waals surface area contributed by atoms with Gasteiger partial charge in [-0.3, -0.25) is 0 Å². The summed E-state index contributed by atoms with van der Waals surface area (Å²) in [6, 6.07) is 0.781. The molecule has 0 amide bonds. The fraction of sp³-hybridized carbons (Fsp3) is 1.00. The summed E-state index contributed by atoms with van der Waals surface area (Å²) in [5, 5.41) is 0. The molecule has 0 aromatic carbocycles. The molecular formula is C21H42N2O. The first-order valence-electron chi connectivity index (χ1n) is 10.7. The number of hydrogen-bond acceptors (Lipinski definition) is 3. The molecule has 0 spiro atoms. The molecule has 2 rings (SSSR count). The van der Waals surface area contributed by atoms with E-state index in [1.807, 2.05) is 0 Å². The molecule has 0 radical (unpaired) electrons. The van der Waals surface area contributed by atoms with Gasteiger partial charge >= 0.3 is 0 Å². The summed E-state index contributed by atoms with van der Waals surface area (Å²) in [7, 11) is 2.26. The van der Waals surface area contributed by atoms with Crippen molar-refractivity contribution in [3.8, 4) is 0 Å². The van der Waals surface area contributed by atoms with E-state index < -0.39 is 0 Å². The monoisotopic (exact) mass is 338 g/mol. The SMILES string of the molecule is CCCC(C)CN1CCC(CCO[C@H]2C[C@H](N(C)CCC)C2)CC1. The van der Waals surface area contributed by atoms with E-state index in [4.69, 9.17) is 4.74 Å². The van der Waals surface area contributed by atoms with Crippen molar-refractivity contribution < 1.29 is 4.74 Å². The Bertz CT molecular complexity index is 322. The largest absolute Gasteiger partial charge is 0.378 e. The number of rotatable bonds is 11. The van der Waals surface area contributed by atoms with Crippen molar-refractivity contribution in [2.75, 3.05) is 39.8 Å². The van der Waals surface area contributed by atoms with Crippen LogP contribution in [0.4, 0.5) is 0 Å². The van der Waals surface area contributed by atoms with E-state index in [1.165, 1.54) is 77.5 Å². The fourth-order valence-corrected chi connectivity index (χ4v) is 4.45. The van der Waals surface area contributed by atoms with Gasteiger partial charge in [-0.15, -0.1) is 0 Å². The molecular weight excluding hydrogens is 296 g/mol. The van der Waals surface area contributed by atoms with Gasteiger partial charge in [0.1, 0.15) is 0 Å². The van der Waals surface area contributed by atoms with Gasteiger partial charge in [0, 0.05) is 19.2 Å². The molecule has 1 saturated heterocycles. The van der Waals surface area contributed by atoms with Crippen LogP contribution in [0.3, 0.4) is 0 Å². The zero-order chi connectivity index (χ0) is 17.4. The topological polar surface area (TPSA) is 15.7 Å². The average molecular weight is 339 g/mol. The maximum Gasteiger partial charge on any atom is 0.0605 e. The highest BCUT2D eigenvalue weighted by Gasteiger charge is 2.32. The van der Waals surface area contributed by atoms with E-state index in [0.29, 0.717) is 6.10 Å². The van der Waals surface area contributed by atoms with Gasteiger partial charge in [0.05, 0.1) is 6.10 Å². The summed E-state index contributed by atoms with van der Waals surface area (Å²) in [5.41, 5.74) is 0. The van der Waals surface area contributed by atoms with E-state index in [2.05, 4.69) is 37.6 Å². The minimum Gasteiger partial charge on any atom is -0.378 e. The Morgan fingerprint density at radius 1 is 1.12 bits per heavy atom. The van der Waals surface area contributed by atoms with Gasteiger partial charge in [-0.05, 0) is 83.5 Å². The predicted octanol–water partition coefficient (Wildman–Crippen LogP) is 4.41. The van der Waals surface area contributed by atoms with Crippen LogP contribution in [0, 0.1) is 11.8 Å². The van der Waals surface area contributed by atoms with Crippen molar-refractivity contribution in [2.24, 2.45) is 11.8 Å². The van der Waals surface area contributed by atoms with Gasteiger partial charge in [-0.2, -0.15) is 0 Å². The van der Waals surface area contributed by atoms with Crippen LogP contribution in [-0.4, -0.2) is 61.8 Å². The highest BCUT2D eigenvalue weighted by atomic mass is 16.5. The van der Waals surface area contributed by atoms with E-state index in [-0.39, 0.29) is 0 Å². The number of ether oxygens (including phenoxy) is 1. The molecule has 0 bridgehead atoms. The molecule has 0 N–H and O–H groups in total. The van der Waals surface area contributed by atoms with Crippen LogP contribution in [0.5, 0.6) is 0 Å². The van der Waals surface area contributed by atoms with Crippen molar-refractivity contribution in [1.82, 2.24) is 9.80 Å². The molecule has 1 aliphatic carbocycles. The highest BCUT2D eigenvalue weighted by molar-refractivity contribution is 4.87. The Hall–Kier alpha value is -0.120. The predicted molar refractivity (Wildman–Crippen MR) is 104 cm³/mol. The van der Waals surface area contributed by atoms with Gasteiger partial charge in [0.15, 0.2) is 0 Å². The van der Waals surface area contributed by atoms with E-state index >= 15 is 0 Å². The molecule has 3 heteroatoms. The zero-order valence-electron chi connectivity index (χ0n) is 16.8. The van der Waals surface area contributed by atoms with Crippen molar-refractivity contribution in [1.29, 1.82) is 0 Å². The number of piperidine rings is 1. The van der Waals surface area contributed by atoms with E-state index in [1.54, 1.807) is 0 Å². The van der Waals surface area contributed by atoms with Crippen molar-refractivity contribution in [3.63, 3.8) is 0 Å². The normalized spacial score (nSPS) is 27.4. The van der Waals surface area contributed by atoms with Crippen LogP contribution < -0.4 is 0 Å². The molecule has 24 heavy (non-hydrogen) atoms. The second-order valence-electron chi connectivity index (χ2n) is 8.53. The third kappa shape index (κ3) is 6.65. The highest BCUT2D eigenvalue weighted by Crippen LogP contribution is 2.29. The maximum absolute atomic E-state index is 6.12. The smallest absolute Gasteiger partial charge is 0.0605 e. The molecule has 3 nitrogen and oxygen atoms in total. The molecule has 2 fully saturated rings. The summed E-state index contributed by atoms with van der Waals surface area (Å²) < 4.78 is 6.12. The first kappa shape index (κ1) is 20.2. The number of nitrogens with zero attached hydrogens (tertiary/aromatic N) is 2. The number of hydrogen-bond donors (Lipinski definition) is 0. The van der Waals surface area contributed by atoms with Crippen LogP contribution >= 0.6 is 0 Å². The molecule has 1 saturated carbocycles. The molecule has 2 aliphatic rings. The Balaban J connectivity index is 1.48. The van der Waals surface area contributed by atoms with Gasteiger partial charge in [-0.25, -0.2) is 0 Å². The molecule has 1 unspecified atom stereocenters. The standard InChI is InChI=1S/C21H42N2O/c1-5-7-18(3)17-23-12-8-19(9-13-23)10-14-24-21-15-20(16-21)22(4)11-6-2/h18-21H,5-17H2,1-4H3/t18?,20-,21-. The first-order valence-corrected chi connectivity index (χ1v) is 10.7. The van der Waals surface area contributed by atoms with Gasteiger partial charge in [0.25, 0.3) is 0 Å². The number of likely N-dealkylation sites (tertiary alicyclic amines) is 1. The van der Waals surface area contributed by atoms with Crippen LogP contribution in [0.2, 0.25) is 0 Å². The summed E-state index contributed by atoms with van der Waals surface area (Å²) in [6.07, 6.45) is 11.1. The maximum atomic E-state index is 6.12. The molecule has 142 valence electrons. The Morgan fingerprint density at radius 3 is 2.46 bits per heavy atom. The quantitative estimate of drug-likeness (QED) is 0.555. The van der Waals surface area contributed by atoms with Crippen molar-refractivity contribution in [2.45, 2.75) is 84.3 Å². The molecule has 1 aliphatic heterocycles. The first-order chi connectivity index (χ1) is 11.6. The average Bonchev–Trinajstić information content (AvgIpc) is 2.51. The lowest BCUT2D eigenvalue weighted by atomic mass is 9.87. The lowest BCUT2D eigenvalue weighted by Gasteiger charge is -2.41. The Labute approximate surface area is 151 Å². The summed E-state index contributed by atoms with van der Waals surface area (Å²) in [5.74, 6) is 1.77. The van der Waals surface area contributed by atoms with Crippen molar-refractivity contribution in [3.05, 3.63) is 0 Å². The van der Waals surface area contributed by atoms with Gasteiger partial charge in [0.2, 0.25) is 0 Å². The molecule has 1 atom stereocenters. The van der Waals surface area contributed by atoms with Crippen molar-refractivity contribution >= 4 is 0 Å². The zero-order valence-corrected chi connectivity index (χ0v) is 16.8. The van der Waals surface area contributed by atoms with Gasteiger partial charge < -0.3 is 14.5 Å². The summed E-state index contributed by atoms with van der Waals surface area (Å²) in [4.78, 5) is 5.20. The second kappa shape index (κ2) is 10.8. The summed E-state index contributed by atoms with van der Waals surface area (Å²) >= 11 is 0. The Kier molecular flexibility index (Phi) is 9.07. The molecule has 0 aromatic rings. The Morgan fingerprint density at radius 2 is 1.83 bits per heavy atom.